The summed E-state index contributed by atoms with van der Waals surface area (Å²) in [6, 6.07) is 5.04. The van der Waals surface area contributed by atoms with E-state index in [1.54, 1.807) is 19.9 Å². The molecule has 0 saturated heterocycles. The van der Waals surface area contributed by atoms with Gasteiger partial charge in [-0.2, -0.15) is 5.26 Å². The maximum absolute atomic E-state index is 13.1. The standard InChI is InChI=1S/C19H15ClN4O6S2/c1-9-11(3-5-21)7-12-16(29-8-28-12)15(9)22-18(25)17-13(4-6-31-17)32(26,27)24-19-14(20)10(2)23-30-19/h4,6-7,24H,3,8H2,1-2H3,(H,22,25). The highest BCUT2D eigenvalue weighted by atomic mass is 35.5. The third-order valence-corrected chi connectivity index (χ3v) is 7.54. The Balaban J connectivity index is 1.67. The van der Waals surface area contributed by atoms with Crippen LogP contribution in [0.1, 0.15) is 26.5 Å². The van der Waals surface area contributed by atoms with E-state index in [-0.39, 0.29) is 33.9 Å². The van der Waals surface area contributed by atoms with E-state index >= 15 is 0 Å². The first kappa shape index (κ1) is 21.9. The van der Waals surface area contributed by atoms with Crippen molar-refractivity contribution in [3.63, 3.8) is 0 Å². The Morgan fingerprint density at radius 1 is 1.38 bits per heavy atom. The van der Waals surface area contributed by atoms with Crippen molar-refractivity contribution >= 4 is 50.4 Å². The number of aryl methyl sites for hydroxylation is 1. The highest BCUT2D eigenvalue weighted by Gasteiger charge is 2.29. The Morgan fingerprint density at radius 3 is 2.84 bits per heavy atom. The van der Waals surface area contributed by atoms with Crippen LogP contribution in [0.15, 0.2) is 26.9 Å². The third kappa shape index (κ3) is 3.86. The van der Waals surface area contributed by atoms with Crippen molar-refractivity contribution in [2.45, 2.75) is 25.2 Å². The van der Waals surface area contributed by atoms with Crippen LogP contribution in [-0.4, -0.2) is 26.3 Å². The molecule has 0 aliphatic carbocycles. The number of thiophene rings is 1. The van der Waals surface area contributed by atoms with Crippen LogP contribution in [-0.2, 0) is 16.4 Å². The first-order valence-electron chi connectivity index (χ1n) is 9.05. The smallest absolute Gasteiger partial charge is 0.267 e. The maximum atomic E-state index is 13.1. The highest BCUT2D eigenvalue weighted by Crippen LogP contribution is 2.43. The van der Waals surface area contributed by atoms with Crippen molar-refractivity contribution in [3.8, 4) is 17.6 Å². The fourth-order valence-electron chi connectivity index (χ4n) is 3.05. The second-order valence-electron chi connectivity index (χ2n) is 6.69. The lowest BCUT2D eigenvalue weighted by molar-refractivity contribution is 0.102. The molecule has 10 nitrogen and oxygen atoms in total. The average Bonchev–Trinajstić information content (AvgIpc) is 3.48. The summed E-state index contributed by atoms with van der Waals surface area (Å²) in [5.41, 5.74) is 1.90. The molecule has 32 heavy (non-hydrogen) atoms. The molecule has 0 unspecified atom stereocenters. The minimum atomic E-state index is -4.20. The number of hydrogen-bond donors (Lipinski definition) is 2. The predicted molar refractivity (Wildman–Crippen MR) is 116 cm³/mol. The van der Waals surface area contributed by atoms with E-state index in [1.807, 2.05) is 0 Å². The van der Waals surface area contributed by atoms with E-state index < -0.39 is 15.9 Å². The number of anilines is 2. The van der Waals surface area contributed by atoms with Gasteiger partial charge in [-0.15, -0.1) is 11.3 Å². The molecule has 2 N–H and O–H groups in total. The largest absolute Gasteiger partial charge is 0.453 e. The van der Waals surface area contributed by atoms with Crippen LogP contribution in [0.5, 0.6) is 11.5 Å². The molecular weight excluding hydrogens is 480 g/mol. The van der Waals surface area contributed by atoms with E-state index in [2.05, 4.69) is 21.3 Å². The summed E-state index contributed by atoms with van der Waals surface area (Å²) in [6.07, 6.45) is 0.102. The molecule has 166 valence electrons. The topological polar surface area (TPSA) is 144 Å². The van der Waals surface area contributed by atoms with Crippen molar-refractivity contribution < 1.29 is 27.2 Å². The molecule has 1 aliphatic heterocycles. The van der Waals surface area contributed by atoms with Crippen LogP contribution in [0.4, 0.5) is 11.6 Å². The lowest BCUT2D eigenvalue weighted by atomic mass is 10.0. The number of nitrogens with zero attached hydrogens (tertiary/aromatic N) is 2. The number of nitrogens with one attached hydrogen (secondary N) is 2. The Bertz CT molecular complexity index is 1370. The van der Waals surface area contributed by atoms with Crippen LogP contribution in [0.25, 0.3) is 0 Å². The zero-order valence-corrected chi connectivity index (χ0v) is 19.1. The predicted octanol–water partition coefficient (Wildman–Crippen LogP) is 3.85. The number of carbonyl (C=O) groups excluding carboxylic acids is 1. The van der Waals surface area contributed by atoms with Crippen LogP contribution in [0.3, 0.4) is 0 Å². The molecule has 3 heterocycles. The first-order valence-corrected chi connectivity index (χ1v) is 11.8. The van der Waals surface area contributed by atoms with Gasteiger partial charge in [-0.3, -0.25) is 4.79 Å². The molecule has 2 aromatic heterocycles. The van der Waals surface area contributed by atoms with Gasteiger partial charge in [0.1, 0.15) is 20.5 Å². The second-order valence-corrected chi connectivity index (χ2v) is 9.63. The molecule has 1 aromatic carbocycles. The summed E-state index contributed by atoms with van der Waals surface area (Å²) in [5.74, 6) is -0.201. The van der Waals surface area contributed by atoms with Crippen molar-refractivity contribution in [1.82, 2.24) is 5.16 Å². The first-order chi connectivity index (χ1) is 15.2. The number of benzene rings is 1. The molecular formula is C19H15ClN4O6S2. The molecule has 1 aliphatic rings. The summed E-state index contributed by atoms with van der Waals surface area (Å²) in [7, 11) is -4.20. The van der Waals surface area contributed by atoms with Gasteiger partial charge in [0.15, 0.2) is 11.5 Å². The Kier molecular flexibility index (Phi) is 5.72. The van der Waals surface area contributed by atoms with Gasteiger partial charge in [0.05, 0.1) is 18.2 Å². The normalized spacial score (nSPS) is 12.4. The molecule has 0 fully saturated rings. The molecule has 0 bridgehead atoms. The number of rotatable bonds is 6. The van der Waals surface area contributed by atoms with Crippen molar-refractivity contribution in [1.29, 1.82) is 5.26 Å². The van der Waals surface area contributed by atoms with E-state index in [0.717, 1.165) is 11.3 Å². The molecule has 0 radical (unpaired) electrons. The Labute approximate surface area is 191 Å². The molecule has 0 atom stereocenters. The van der Waals surface area contributed by atoms with Crippen molar-refractivity contribution in [2.24, 2.45) is 0 Å². The number of ether oxygens (including phenoxy) is 2. The number of amides is 1. The molecule has 3 aromatic rings. The van der Waals surface area contributed by atoms with E-state index in [9.17, 15) is 13.2 Å². The van der Waals surface area contributed by atoms with Crippen LogP contribution in [0, 0.1) is 25.2 Å². The molecule has 4 rings (SSSR count). The molecule has 0 saturated carbocycles. The maximum Gasteiger partial charge on any atom is 0.267 e. The number of halogens is 1. The summed E-state index contributed by atoms with van der Waals surface area (Å²) < 4.78 is 43.7. The van der Waals surface area contributed by atoms with Gasteiger partial charge in [0.2, 0.25) is 6.79 Å². The fourth-order valence-corrected chi connectivity index (χ4v) is 5.54. The minimum absolute atomic E-state index is 0.0208. The van der Waals surface area contributed by atoms with Gasteiger partial charge in [0.25, 0.3) is 21.8 Å². The number of hydrogen-bond acceptors (Lipinski definition) is 9. The zero-order chi connectivity index (χ0) is 23.0. The molecule has 1 amide bonds. The number of nitriles is 1. The number of fused-ring (bicyclic) bond motifs is 1. The minimum Gasteiger partial charge on any atom is -0.453 e. The van der Waals surface area contributed by atoms with Crippen LogP contribution >= 0.6 is 22.9 Å². The number of aromatic nitrogens is 1. The van der Waals surface area contributed by atoms with Crippen LogP contribution < -0.4 is 19.5 Å². The molecule has 13 heteroatoms. The quantitative estimate of drug-likeness (QED) is 0.525. The average molecular weight is 495 g/mol. The van der Waals surface area contributed by atoms with Crippen molar-refractivity contribution in [3.05, 3.63) is 44.2 Å². The lowest BCUT2D eigenvalue weighted by Gasteiger charge is -2.14. The Hall–Kier alpha value is -3.27. The zero-order valence-electron chi connectivity index (χ0n) is 16.7. The lowest BCUT2D eigenvalue weighted by Crippen LogP contribution is -2.19. The third-order valence-electron chi connectivity index (χ3n) is 4.68. The van der Waals surface area contributed by atoms with E-state index in [0.29, 0.717) is 34.0 Å². The molecule has 0 spiro atoms. The summed E-state index contributed by atoms with van der Waals surface area (Å²) in [6.45, 7) is 3.25. The highest BCUT2D eigenvalue weighted by molar-refractivity contribution is 7.93. The van der Waals surface area contributed by atoms with Crippen molar-refractivity contribution in [2.75, 3.05) is 16.8 Å². The number of carbonyl (C=O) groups is 1. The van der Waals surface area contributed by atoms with Gasteiger partial charge in [-0.05, 0) is 42.5 Å². The van der Waals surface area contributed by atoms with E-state index in [1.165, 1.54) is 11.4 Å². The SMILES string of the molecule is Cc1noc(NS(=O)(=O)c2ccsc2C(=O)Nc2c(C)c(CC#N)cc3c2OCO3)c1Cl. The summed E-state index contributed by atoms with van der Waals surface area (Å²) >= 11 is 6.93. The van der Waals surface area contributed by atoms with E-state index in [4.69, 9.17) is 30.9 Å². The monoisotopic (exact) mass is 494 g/mol. The Morgan fingerprint density at radius 2 is 2.16 bits per heavy atom. The van der Waals surface area contributed by atoms with Gasteiger partial charge in [-0.1, -0.05) is 16.8 Å². The van der Waals surface area contributed by atoms with Gasteiger partial charge in [0, 0.05) is 0 Å². The van der Waals surface area contributed by atoms with Gasteiger partial charge >= 0.3 is 0 Å². The fraction of sp³-hybridized carbons (Fsp3) is 0.211. The van der Waals surface area contributed by atoms with Gasteiger partial charge < -0.3 is 19.3 Å². The number of sulfonamides is 1. The van der Waals surface area contributed by atoms with Gasteiger partial charge in [-0.25, -0.2) is 13.1 Å². The second kappa shape index (κ2) is 8.34. The van der Waals surface area contributed by atoms with Crippen LogP contribution in [0.2, 0.25) is 5.02 Å². The summed E-state index contributed by atoms with van der Waals surface area (Å²) in [4.78, 5) is 12.7. The summed E-state index contributed by atoms with van der Waals surface area (Å²) in [5, 5.41) is 16.9.